The van der Waals surface area contributed by atoms with Crippen LogP contribution < -0.4 is 9.62 Å². The molecule has 1 saturated heterocycles. The molecule has 1 fully saturated rings. The summed E-state index contributed by atoms with van der Waals surface area (Å²) in [5.41, 5.74) is 1.38. The summed E-state index contributed by atoms with van der Waals surface area (Å²) in [7, 11) is -2.01. The second-order valence-corrected chi connectivity index (χ2v) is 8.54. The van der Waals surface area contributed by atoms with E-state index < -0.39 is 16.0 Å². The standard InChI is InChI=1S/C13H18N2O4S2/c1-8-6-15(21(17,18)7-8)12-11(13(16)19-2)9-3-4-14-5-10(9)20-12/h8,14H,3-7H2,1-2H3. The van der Waals surface area contributed by atoms with Crippen LogP contribution in [0.4, 0.5) is 5.00 Å². The zero-order valence-electron chi connectivity index (χ0n) is 12.0. The van der Waals surface area contributed by atoms with Crippen molar-refractivity contribution in [1.29, 1.82) is 0 Å². The van der Waals surface area contributed by atoms with Crippen molar-refractivity contribution in [3.63, 3.8) is 0 Å². The number of sulfonamides is 1. The number of esters is 1. The molecule has 0 amide bonds. The number of rotatable bonds is 2. The Hall–Kier alpha value is -1.12. The molecule has 3 rings (SSSR count). The third-order valence-corrected chi connectivity index (χ3v) is 7.20. The van der Waals surface area contributed by atoms with Crippen molar-refractivity contribution in [2.45, 2.75) is 19.9 Å². The highest BCUT2D eigenvalue weighted by Crippen LogP contribution is 2.41. The Balaban J connectivity index is 2.14. The fraction of sp³-hybridized carbons (Fsp3) is 0.615. The summed E-state index contributed by atoms with van der Waals surface area (Å²) in [4.78, 5) is 13.2. The first-order valence-electron chi connectivity index (χ1n) is 6.88. The zero-order valence-corrected chi connectivity index (χ0v) is 13.6. The maximum Gasteiger partial charge on any atom is 0.341 e. The number of hydrogen-bond acceptors (Lipinski definition) is 6. The fourth-order valence-electron chi connectivity index (χ4n) is 2.92. The smallest absolute Gasteiger partial charge is 0.341 e. The van der Waals surface area contributed by atoms with Crippen LogP contribution in [0.5, 0.6) is 0 Å². The molecule has 3 heterocycles. The van der Waals surface area contributed by atoms with E-state index in [1.165, 1.54) is 22.8 Å². The molecule has 0 spiro atoms. The number of nitrogens with one attached hydrogen (secondary N) is 1. The molecule has 2 aliphatic rings. The van der Waals surface area contributed by atoms with Gasteiger partial charge >= 0.3 is 5.97 Å². The average Bonchev–Trinajstić information content (AvgIpc) is 2.94. The Morgan fingerprint density at radius 2 is 2.24 bits per heavy atom. The predicted octanol–water partition coefficient (Wildman–Crippen LogP) is 0.966. The van der Waals surface area contributed by atoms with Crippen LogP contribution in [-0.4, -0.2) is 40.3 Å². The van der Waals surface area contributed by atoms with Gasteiger partial charge in [-0.05, 0) is 24.4 Å². The van der Waals surface area contributed by atoms with Gasteiger partial charge in [-0.3, -0.25) is 4.31 Å². The zero-order chi connectivity index (χ0) is 15.2. The number of thiophene rings is 1. The van der Waals surface area contributed by atoms with Crippen molar-refractivity contribution in [2.24, 2.45) is 5.92 Å². The van der Waals surface area contributed by atoms with E-state index in [9.17, 15) is 13.2 Å². The van der Waals surface area contributed by atoms with E-state index in [0.29, 0.717) is 23.7 Å². The van der Waals surface area contributed by atoms with Crippen molar-refractivity contribution < 1.29 is 17.9 Å². The summed E-state index contributed by atoms with van der Waals surface area (Å²) >= 11 is 1.39. The fourth-order valence-corrected chi connectivity index (χ4v) is 6.42. The second kappa shape index (κ2) is 5.26. The van der Waals surface area contributed by atoms with Crippen molar-refractivity contribution in [1.82, 2.24) is 5.32 Å². The molecular formula is C13H18N2O4S2. The molecule has 8 heteroatoms. The maximum atomic E-state index is 12.3. The highest BCUT2D eigenvalue weighted by atomic mass is 32.2. The first-order valence-corrected chi connectivity index (χ1v) is 9.30. The molecule has 1 atom stereocenters. The Bertz CT molecular complexity index is 681. The van der Waals surface area contributed by atoms with E-state index in [2.05, 4.69) is 5.32 Å². The Morgan fingerprint density at radius 3 is 2.86 bits per heavy atom. The summed E-state index contributed by atoms with van der Waals surface area (Å²) < 4.78 is 30.9. The molecule has 1 unspecified atom stereocenters. The monoisotopic (exact) mass is 330 g/mol. The van der Waals surface area contributed by atoms with Crippen LogP contribution in [0.2, 0.25) is 0 Å². The molecule has 1 aromatic heterocycles. The molecule has 0 aliphatic carbocycles. The maximum absolute atomic E-state index is 12.3. The normalized spacial score (nSPS) is 23.9. The van der Waals surface area contributed by atoms with Crippen LogP contribution in [-0.2, 0) is 27.7 Å². The molecule has 0 bridgehead atoms. The summed E-state index contributed by atoms with van der Waals surface area (Å²) in [6.45, 7) is 3.80. The number of methoxy groups -OCH3 is 1. The van der Waals surface area contributed by atoms with E-state index in [0.717, 1.165) is 23.4 Å². The van der Waals surface area contributed by atoms with Gasteiger partial charge in [-0.2, -0.15) is 0 Å². The summed E-state index contributed by atoms with van der Waals surface area (Å²) in [6.07, 6.45) is 0.722. The van der Waals surface area contributed by atoms with Crippen LogP contribution in [0.15, 0.2) is 0 Å². The van der Waals surface area contributed by atoms with Crippen LogP contribution in [0.3, 0.4) is 0 Å². The van der Waals surface area contributed by atoms with Crippen LogP contribution in [0, 0.1) is 5.92 Å². The minimum Gasteiger partial charge on any atom is -0.465 e. The van der Waals surface area contributed by atoms with Gasteiger partial charge in [-0.15, -0.1) is 11.3 Å². The lowest BCUT2D eigenvalue weighted by Crippen LogP contribution is -2.27. The van der Waals surface area contributed by atoms with Gasteiger partial charge in [-0.25, -0.2) is 13.2 Å². The minimum absolute atomic E-state index is 0.0674. The Morgan fingerprint density at radius 1 is 1.48 bits per heavy atom. The van der Waals surface area contributed by atoms with Crippen LogP contribution >= 0.6 is 11.3 Å². The number of hydrogen-bond donors (Lipinski definition) is 1. The van der Waals surface area contributed by atoms with E-state index in [1.807, 2.05) is 6.92 Å². The molecular weight excluding hydrogens is 312 g/mol. The predicted molar refractivity (Wildman–Crippen MR) is 81.4 cm³/mol. The molecule has 6 nitrogen and oxygen atoms in total. The van der Waals surface area contributed by atoms with Gasteiger partial charge in [-0.1, -0.05) is 6.92 Å². The Kier molecular flexibility index (Phi) is 3.71. The molecule has 0 radical (unpaired) electrons. The van der Waals surface area contributed by atoms with Gasteiger partial charge < -0.3 is 10.1 Å². The van der Waals surface area contributed by atoms with E-state index in [4.69, 9.17) is 4.74 Å². The molecule has 21 heavy (non-hydrogen) atoms. The number of carbonyl (C=O) groups excluding carboxylic acids is 1. The lowest BCUT2D eigenvalue weighted by Gasteiger charge is -2.17. The van der Waals surface area contributed by atoms with E-state index in [1.54, 1.807) is 0 Å². The quantitative estimate of drug-likeness (QED) is 0.818. The number of fused-ring (bicyclic) bond motifs is 1. The first-order chi connectivity index (χ1) is 9.94. The largest absolute Gasteiger partial charge is 0.465 e. The minimum atomic E-state index is -3.34. The Labute approximate surface area is 128 Å². The van der Waals surface area contributed by atoms with Gasteiger partial charge in [0.05, 0.1) is 18.4 Å². The van der Waals surface area contributed by atoms with Gasteiger partial charge in [0.25, 0.3) is 0 Å². The van der Waals surface area contributed by atoms with E-state index in [-0.39, 0.29) is 11.7 Å². The third-order valence-electron chi connectivity index (χ3n) is 3.83. The molecule has 0 aromatic carbocycles. The topological polar surface area (TPSA) is 75.7 Å². The van der Waals surface area contributed by atoms with Crippen molar-refractivity contribution in [3.8, 4) is 0 Å². The number of ether oxygens (including phenoxy) is 1. The number of carbonyl (C=O) groups is 1. The average molecular weight is 330 g/mol. The van der Waals surface area contributed by atoms with E-state index >= 15 is 0 Å². The molecule has 116 valence electrons. The molecule has 0 saturated carbocycles. The lowest BCUT2D eigenvalue weighted by atomic mass is 10.0. The number of anilines is 1. The van der Waals surface area contributed by atoms with Gasteiger partial charge in [0.15, 0.2) is 0 Å². The SMILES string of the molecule is COC(=O)c1c(N2CC(C)CS2(=O)=O)sc2c1CCNC2. The molecule has 2 aliphatic heterocycles. The van der Waals surface area contributed by atoms with Crippen molar-refractivity contribution in [3.05, 3.63) is 16.0 Å². The molecule has 1 aromatic rings. The van der Waals surface area contributed by atoms with Gasteiger partial charge in [0, 0.05) is 18.0 Å². The van der Waals surface area contributed by atoms with Crippen molar-refractivity contribution in [2.75, 3.05) is 30.3 Å². The first kappa shape index (κ1) is 14.8. The van der Waals surface area contributed by atoms with Crippen molar-refractivity contribution >= 4 is 32.3 Å². The van der Waals surface area contributed by atoms with Gasteiger partial charge in [0.1, 0.15) is 5.00 Å². The summed E-state index contributed by atoms with van der Waals surface area (Å²) in [6, 6.07) is 0. The highest BCUT2D eigenvalue weighted by molar-refractivity contribution is 7.93. The molecule has 1 N–H and O–H groups in total. The lowest BCUT2D eigenvalue weighted by molar-refractivity contribution is 0.0600. The van der Waals surface area contributed by atoms with Crippen LogP contribution in [0.1, 0.15) is 27.7 Å². The van der Waals surface area contributed by atoms with Crippen LogP contribution in [0.25, 0.3) is 0 Å². The third kappa shape index (κ3) is 2.45. The number of nitrogens with zero attached hydrogens (tertiary/aromatic N) is 1. The second-order valence-electron chi connectivity index (χ2n) is 5.52. The van der Waals surface area contributed by atoms with Gasteiger partial charge in [0.2, 0.25) is 10.0 Å². The highest BCUT2D eigenvalue weighted by Gasteiger charge is 2.39. The summed E-state index contributed by atoms with van der Waals surface area (Å²) in [5, 5.41) is 3.78. The summed E-state index contributed by atoms with van der Waals surface area (Å²) in [5.74, 6) is -0.245.